The number of piperidine rings is 1. The standard InChI is InChI=1S/C24H41N3O5S.ClH/c1-7-12-27(17-19-10-13-26(14-11-19)23(28)32-24(3,4)5)18(2)15-20-8-9-21(31-6)22(16-20)33(25,29)30;/h8-9,16,18-19H,7,10-15,17H2,1-6H3,(H2,25,29,30);1H. The molecule has 0 spiro atoms. The zero-order chi connectivity index (χ0) is 24.8. The second kappa shape index (κ2) is 13.0. The Kier molecular flexibility index (Phi) is 11.6. The lowest BCUT2D eigenvalue weighted by Gasteiger charge is -2.37. The fraction of sp³-hybridized carbons (Fsp3) is 0.708. The normalized spacial score (nSPS) is 16.2. The van der Waals surface area contributed by atoms with Gasteiger partial charge in [-0.1, -0.05) is 13.0 Å². The van der Waals surface area contributed by atoms with Gasteiger partial charge in [-0.15, -0.1) is 12.4 Å². The van der Waals surface area contributed by atoms with Gasteiger partial charge in [-0.25, -0.2) is 18.4 Å². The predicted molar refractivity (Wildman–Crippen MR) is 137 cm³/mol. The lowest BCUT2D eigenvalue weighted by molar-refractivity contribution is 0.0162. The van der Waals surface area contributed by atoms with Crippen LogP contribution < -0.4 is 9.88 Å². The third kappa shape index (κ3) is 9.24. The first kappa shape index (κ1) is 30.5. The molecule has 1 aliphatic rings. The molecule has 1 atom stereocenters. The number of hydrogen-bond acceptors (Lipinski definition) is 6. The maximum absolute atomic E-state index is 12.3. The highest BCUT2D eigenvalue weighted by atomic mass is 35.5. The highest BCUT2D eigenvalue weighted by molar-refractivity contribution is 7.89. The molecule has 0 aliphatic carbocycles. The quantitative estimate of drug-likeness (QED) is 0.528. The Bertz CT molecular complexity index is 896. The zero-order valence-electron chi connectivity index (χ0n) is 21.4. The number of sulfonamides is 1. The van der Waals surface area contributed by atoms with Crippen LogP contribution in [0.1, 0.15) is 59.4 Å². The van der Waals surface area contributed by atoms with E-state index in [1.54, 1.807) is 12.1 Å². The number of ether oxygens (including phenoxy) is 2. The van der Waals surface area contributed by atoms with Gasteiger partial charge < -0.3 is 19.3 Å². The number of nitrogens with zero attached hydrogens (tertiary/aromatic N) is 2. The van der Waals surface area contributed by atoms with Crippen molar-refractivity contribution in [3.8, 4) is 5.75 Å². The minimum Gasteiger partial charge on any atom is -0.495 e. The summed E-state index contributed by atoms with van der Waals surface area (Å²) in [6.07, 6.45) is 3.41. The molecule has 1 aromatic carbocycles. The molecule has 10 heteroatoms. The molecule has 0 radical (unpaired) electrons. The summed E-state index contributed by atoms with van der Waals surface area (Å²) in [7, 11) is -2.43. The van der Waals surface area contributed by atoms with E-state index in [-0.39, 0.29) is 35.2 Å². The van der Waals surface area contributed by atoms with E-state index < -0.39 is 15.6 Å². The van der Waals surface area contributed by atoms with E-state index in [1.807, 2.05) is 31.7 Å². The molecule has 1 heterocycles. The van der Waals surface area contributed by atoms with Crippen LogP contribution in [0.4, 0.5) is 4.79 Å². The monoisotopic (exact) mass is 519 g/mol. The van der Waals surface area contributed by atoms with Gasteiger partial charge >= 0.3 is 6.09 Å². The Morgan fingerprint density at radius 3 is 2.38 bits per heavy atom. The van der Waals surface area contributed by atoms with Gasteiger partial charge in [0.15, 0.2) is 0 Å². The molecular formula is C24H42ClN3O5S. The topological polar surface area (TPSA) is 102 Å². The van der Waals surface area contributed by atoms with E-state index in [0.717, 1.165) is 37.9 Å². The Morgan fingerprint density at radius 1 is 1.26 bits per heavy atom. The van der Waals surface area contributed by atoms with E-state index in [0.29, 0.717) is 25.4 Å². The van der Waals surface area contributed by atoms with Crippen LogP contribution in [-0.2, 0) is 21.2 Å². The van der Waals surface area contributed by atoms with Crippen LogP contribution in [0.2, 0.25) is 0 Å². The Balaban J connectivity index is 0.00000578. The Morgan fingerprint density at radius 2 is 1.88 bits per heavy atom. The predicted octanol–water partition coefficient (Wildman–Crippen LogP) is 4.05. The van der Waals surface area contributed by atoms with Crippen molar-refractivity contribution in [3.05, 3.63) is 23.8 Å². The molecule has 1 aromatic rings. The summed E-state index contributed by atoms with van der Waals surface area (Å²) in [5.74, 6) is 0.768. The Labute approximate surface area is 211 Å². The van der Waals surface area contributed by atoms with E-state index in [9.17, 15) is 13.2 Å². The van der Waals surface area contributed by atoms with Crippen LogP contribution in [0, 0.1) is 5.92 Å². The number of primary sulfonamides is 1. The maximum Gasteiger partial charge on any atom is 0.410 e. The third-order valence-corrected chi connectivity index (χ3v) is 6.89. The number of likely N-dealkylation sites (tertiary alicyclic amines) is 1. The molecule has 2 rings (SSSR count). The van der Waals surface area contributed by atoms with Gasteiger partial charge in [-0.3, -0.25) is 0 Å². The molecule has 0 saturated carbocycles. The van der Waals surface area contributed by atoms with Crippen LogP contribution in [0.3, 0.4) is 0 Å². The summed E-state index contributed by atoms with van der Waals surface area (Å²) >= 11 is 0. The fourth-order valence-electron chi connectivity index (χ4n) is 4.28. The van der Waals surface area contributed by atoms with Crippen molar-refractivity contribution < 1.29 is 22.7 Å². The minimum atomic E-state index is -3.86. The van der Waals surface area contributed by atoms with E-state index in [4.69, 9.17) is 14.6 Å². The van der Waals surface area contributed by atoms with Crippen molar-refractivity contribution >= 4 is 28.5 Å². The molecular weight excluding hydrogens is 478 g/mol. The molecule has 1 aliphatic heterocycles. The first-order valence-corrected chi connectivity index (χ1v) is 13.3. The summed E-state index contributed by atoms with van der Waals surface area (Å²) in [6.45, 7) is 13.3. The van der Waals surface area contributed by atoms with Crippen LogP contribution in [-0.4, -0.2) is 69.2 Å². The molecule has 8 nitrogen and oxygen atoms in total. The Hall–Kier alpha value is -1.55. The number of halogens is 1. The average Bonchev–Trinajstić information content (AvgIpc) is 2.72. The van der Waals surface area contributed by atoms with Gasteiger partial charge in [0.2, 0.25) is 10.0 Å². The van der Waals surface area contributed by atoms with Gasteiger partial charge in [-0.05, 0) is 83.5 Å². The van der Waals surface area contributed by atoms with Gasteiger partial charge in [0.25, 0.3) is 0 Å². The minimum absolute atomic E-state index is 0. The lowest BCUT2D eigenvalue weighted by Crippen LogP contribution is -2.45. The van der Waals surface area contributed by atoms with Crippen LogP contribution in [0.25, 0.3) is 0 Å². The van der Waals surface area contributed by atoms with Crippen molar-refractivity contribution in [1.29, 1.82) is 0 Å². The van der Waals surface area contributed by atoms with E-state index in [2.05, 4.69) is 18.7 Å². The lowest BCUT2D eigenvalue weighted by atomic mass is 9.95. The maximum atomic E-state index is 12.3. The van der Waals surface area contributed by atoms with Crippen molar-refractivity contribution in [1.82, 2.24) is 9.80 Å². The molecule has 1 unspecified atom stereocenters. The molecule has 1 saturated heterocycles. The van der Waals surface area contributed by atoms with E-state index >= 15 is 0 Å². The third-order valence-electron chi connectivity index (χ3n) is 5.96. The summed E-state index contributed by atoms with van der Waals surface area (Å²) in [5.41, 5.74) is 0.430. The van der Waals surface area contributed by atoms with Crippen molar-refractivity contribution in [2.24, 2.45) is 11.1 Å². The zero-order valence-corrected chi connectivity index (χ0v) is 23.0. The summed E-state index contributed by atoms with van der Waals surface area (Å²) in [5, 5.41) is 5.38. The molecule has 1 amide bonds. The molecule has 196 valence electrons. The van der Waals surface area contributed by atoms with Crippen LogP contribution in [0.5, 0.6) is 5.75 Å². The molecule has 0 aromatic heterocycles. The average molecular weight is 520 g/mol. The molecule has 0 bridgehead atoms. The van der Waals surface area contributed by atoms with Crippen LogP contribution >= 0.6 is 12.4 Å². The van der Waals surface area contributed by atoms with Crippen molar-refractivity contribution in [2.75, 3.05) is 33.3 Å². The molecule has 1 fully saturated rings. The number of benzene rings is 1. The summed E-state index contributed by atoms with van der Waals surface area (Å²) in [6, 6.07) is 5.41. The van der Waals surface area contributed by atoms with Crippen molar-refractivity contribution in [3.63, 3.8) is 0 Å². The molecule has 34 heavy (non-hydrogen) atoms. The fourth-order valence-corrected chi connectivity index (χ4v) is 5.02. The smallest absolute Gasteiger partial charge is 0.410 e. The van der Waals surface area contributed by atoms with Gasteiger partial charge in [-0.2, -0.15) is 0 Å². The largest absolute Gasteiger partial charge is 0.495 e. The van der Waals surface area contributed by atoms with Crippen molar-refractivity contribution in [2.45, 2.75) is 76.8 Å². The summed E-state index contributed by atoms with van der Waals surface area (Å²) in [4.78, 5) is 16.6. The number of carbonyl (C=O) groups is 1. The number of amides is 1. The van der Waals surface area contributed by atoms with Gasteiger partial charge in [0, 0.05) is 25.7 Å². The highest BCUT2D eigenvalue weighted by Gasteiger charge is 2.28. The number of methoxy groups -OCH3 is 1. The first-order chi connectivity index (χ1) is 15.3. The van der Waals surface area contributed by atoms with Gasteiger partial charge in [0.05, 0.1) is 7.11 Å². The SMILES string of the molecule is CCCN(CC1CCN(C(=O)OC(C)(C)C)CC1)C(C)Cc1ccc(OC)c(S(N)(=O)=O)c1.Cl. The second-order valence-corrected chi connectivity index (χ2v) is 11.5. The molecule has 2 N–H and O–H groups in total. The highest BCUT2D eigenvalue weighted by Crippen LogP contribution is 2.26. The van der Waals surface area contributed by atoms with E-state index in [1.165, 1.54) is 7.11 Å². The number of carbonyl (C=O) groups excluding carboxylic acids is 1. The second-order valence-electron chi connectivity index (χ2n) is 9.99. The first-order valence-electron chi connectivity index (χ1n) is 11.8. The van der Waals surface area contributed by atoms with Crippen LogP contribution in [0.15, 0.2) is 23.1 Å². The number of nitrogens with two attached hydrogens (primary N) is 1. The number of rotatable bonds is 9. The summed E-state index contributed by atoms with van der Waals surface area (Å²) < 4.78 is 34.6. The number of hydrogen-bond donors (Lipinski definition) is 1. The van der Waals surface area contributed by atoms with Gasteiger partial charge in [0.1, 0.15) is 16.2 Å².